The molecule has 128 valence electrons. The molecule has 2 unspecified atom stereocenters. The molecule has 1 N–H and O–H groups in total. The van der Waals surface area contributed by atoms with E-state index in [0.29, 0.717) is 12.5 Å². The van der Waals surface area contributed by atoms with Gasteiger partial charge < -0.3 is 14.7 Å². The van der Waals surface area contributed by atoms with Gasteiger partial charge in [0.15, 0.2) is 0 Å². The number of rotatable bonds is 5. The van der Waals surface area contributed by atoms with Gasteiger partial charge in [-0.1, -0.05) is 6.07 Å². The van der Waals surface area contributed by atoms with Gasteiger partial charge in [0.1, 0.15) is 11.6 Å². The average molecular weight is 326 g/mol. The summed E-state index contributed by atoms with van der Waals surface area (Å²) in [5, 5.41) is 10.2. The van der Waals surface area contributed by atoms with Crippen LogP contribution in [-0.4, -0.2) is 67.4 Å². The predicted octanol–water partition coefficient (Wildman–Crippen LogP) is 1.65. The third-order valence-electron chi connectivity index (χ3n) is 4.74. The summed E-state index contributed by atoms with van der Waals surface area (Å²) in [6, 6.07) is 3.34. The number of hydrogen-bond acceptors (Lipinski definition) is 4. The highest BCUT2D eigenvalue weighted by atomic mass is 19.1. The minimum Gasteiger partial charge on any atom is -0.387 e. The first-order valence-electron chi connectivity index (χ1n) is 8.27. The number of likely N-dealkylation sites (tertiary alicyclic amines) is 1. The van der Waals surface area contributed by atoms with Crippen molar-refractivity contribution in [1.29, 1.82) is 0 Å². The van der Waals surface area contributed by atoms with Crippen LogP contribution in [0.5, 0.6) is 0 Å². The summed E-state index contributed by atoms with van der Waals surface area (Å²) in [5.74, 6) is -0.717. The van der Waals surface area contributed by atoms with Crippen LogP contribution in [0.2, 0.25) is 0 Å². The molecule has 1 aromatic rings. The highest BCUT2D eigenvalue weighted by molar-refractivity contribution is 5.21. The molecule has 2 heterocycles. The lowest BCUT2D eigenvalue weighted by atomic mass is 10.1. The van der Waals surface area contributed by atoms with E-state index in [1.54, 1.807) is 0 Å². The van der Waals surface area contributed by atoms with Gasteiger partial charge in [-0.3, -0.25) is 4.90 Å². The molecule has 4 nitrogen and oxygen atoms in total. The molecule has 2 saturated heterocycles. The Balaban J connectivity index is 1.49. The number of benzene rings is 1. The van der Waals surface area contributed by atoms with E-state index in [-0.39, 0.29) is 5.56 Å². The zero-order valence-corrected chi connectivity index (χ0v) is 13.3. The molecule has 0 bridgehead atoms. The maximum absolute atomic E-state index is 13.7. The Morgan fingerprint density at radius 3 is 2.70 bits per heavy atom. The van der Waals surface area contributed by atoms with Crippen molar-refractivity contribution in [2.45, 2.75) is 12.5 Å². The summed E-state index contributed by atoms with van der Waals surface area (Å²) in [4.78, 5) is 4.59. The first kappa shape index (κ1) is 16.8. The van der Waals surface area contributed by atoms with E-state index in [4.69, 9.17) is 4.74 Å². The predicted molar refractivity (Wildman–Crippen MR) is 83.1 cm³/mol. The van der Waals surface area contributed by atoms with Crippen LogP contribution in [0.15, 0.2) is 18.2 Å². The summed E-state index contributed by atoms with van der Waals surface area (Å²) >= 11 is 0. The third kappa shape index (κ3) is 4.47. The molecular formula is C17H24F2N2O2. The maximum Gasteiger partial charge on any atom is 0.131 e. The van der Waals surface area contributed by atoms with Crippen LogP contribution in [0.1, 0.15) is 18.1 Å². The Bertz CT molecular complexity index is 523. The van der Waals surface area contributed by atoms with E-state index in [9.17, 15) is 13.9 Å². The number of β-amino-alcohol motifs (C(OH)–C–C–N with tert-alkyl or cyclic N) is 1. The molecule has 6 heteroatoms. The Morgan fingerprint density at radius 1 is 1.17 bits per heavy atom. The topological polar surface area (TPSA) is 35.9 Å². The molecule has 23 heavy (non-hydrogen) atoms. The first-order chi connectivity index (χ1) is 11.1. The second-order valence-electron chi connectivity index (χ2n) is 6.51. The summed E-state index contributed by atoms with van der Waals surface area (Å²) in [6.07, 6.45) is 0.174. The molecule has 0 amide bonds. The fourth-order valence-corrected chi connectivity index (χ4v) is 3.49. The lowest BCUT2D eigenvalue weighted by Gasteiger charge is -2.29. The van der Waals surface area contributed by atoms with Gasteiger partial charge in [-0.25, -0.2) is 8.78 Å². The third-order valence-corrected chi connectivity index (χ3v) is 4.74. The van der Waals surface area contributed by atoms with Crippen molar-refractivity contribution in [3.05, 3.63) is 35.4 Å². The fourth-order valence-electron chi connectivity index (χ4n) is 3.49. The summed E-state index contributed by atoms with van der Waals surface area (Å²) < 4.78 is 32.0. The second-order valence-corrected chi connectivity index (χ2v) is 6.51. The zero-order valence-electron chi connectivity index (χ0n) is 13.3. The minimum absolute atomic E-state index is 0.169. The Labute approximate surface area is 135 Å². The lowest BCUT2D eigenvalue weighted by molar-refractivity contribution is 0.0308. The number of halogens is 2. The number of ether oxygens (including phenoxy) is 1. The second kappa shape index (κ2) is 7.66. The van der Waals surface area contributed by atoms with Crippen molar-refractivity contribution in [1.82, 2.24) is 9.80 Å². The molecule has 0 aliphatic carbocycles. The van der Waals surface area contributed by atoms with E-state index < -0.39 is 17.7 Å². The van der Waals surface area contributed by atoms with E-state index in [1.165, 1.54) is 12.1 Å². The minimum atomic E-state index is -0.919. The van der Waals surface area contributed by atoms with Crippen molar-refractivity contribution >= 4 is 0 Å². The van der Waals surface area contributed by atoms with Gasteiger partial charge in [-0.05, 0) is 24.9 Å². The smallest absolute Gasteiger partial charge is 0.131 e. The number of hydrogen-bond donors (Lipinski definition) is 1. The number of morpholine rings is 1. The summed E-state index contributed by atoms with van der Waals surface area (Å²) in [6.45, 7) is 6.85. The zero-order chi connectivity index (χ0) is 16.2. The van der Waals surface area contributed by atoms with Gasteiger partial charge in [0.05, 0.1) is 19.3 Å². The molecule has 0 aromatic heterocycles. The van der Waals surface area contributed by atoms with Crippen molar-refractivity contribution in [2.24, 2.45) is 5.92 Å². The largest absolute Gasteiger partial charge is 0.387 e. The van der Waals surface area contributed by atoms with E-state index in [2.05, 4.69) is 9.80 Å². The van der Waals surface area contributed by atoms with Gasteiger partial charge >= 0.3 is 0 Å². The van der Waals surface area contributed by atoms with Crippen LogP contribution in [0.4, 0.5) is 8.78 Å². The van der Waals surface area contributed by atoms with E-state index in [1.807, 2.05) is 0 Å². The van der Waals surface area contributed by atoms with Crippen LogP contribution < -0.4 is 0 Å². The van der Waals surface area contributed by atoms with Gasteiger partial charge in [0, 0.05) is 44.4 Å². The van der Waals surface area contributed by atoms with Crippen LogP contribution in [0.3, 0.4) is 0 Å². The lowest BCUT2D eigenvalue weighted by Crippen LogP contribution is -2.40. The molecule has 2 atom stereocenters. The standard InChI is InChI=1S/C17H24F2N2O2/c18-14-1-2-15(16(19)9-14)17(22)12-21-4-3-13(11-21)10-20-5-7-23-8-6-20/h1-2,9,13,17,22H,3-8,10-12H2. The van der Waals surface area contributed by atoms with Gasteiger partial charge in [-0.2, -0.15) is 0 Å². The van der Waals surface area contributed by atoms with Crippen molar-refractivity contribution < 1.29 is 18.6 Å². The SMILES string of the molecule is OC(CN1CCC(CN2CCOCC2)C1)c1ccc(F)cc1F. The van der Waals surface area contributed by atoms with Gasteiger partial charge in [0.25, 0.3) is 0 Å². The number of nitrogens with zero attached hydrogens (tertiary/aromatic N) is 2. The molecule has 2 aliphatic rings. The maximum atomic E-state index is 13.7. The van der Waals surface area contributed by atoms with E-state index in [0.717, 1.165) is 58.4 Å². The Morgan fingerprint density at radius 2 is 1.96 bits per heavy atom. The van der Waals surface area contributed by atoms with Crippen LogP contribution >= 0.6 is 0 Å². The van der Waals surface area contributed by atoms with Crippen molar-refractivity contribution in [3.63, 3.8) is 0 Å². The van der Waals surface area contributed by atoms with Crippen molar-refractivity contribution in [2.75, 3.05) is 52.5 Å². The molecule has 1 aromatic carbocycles. The van der Waals surface area contributed by atoms with Gasteiger partial charge in [-0.15, -0.1) is 0 Å². The Hall–Kier alpha value is -1.08. The molecule has 2 fully saturated rings. The summed E-state index contributed by atoms with van der Waals surface area (Å²) in [5.41, 5.74) is 0.169. The quantitative estimate of drug-likeness (QED) is 0.893. The monoisotopic (exact) mass is 326 g/mol. The molecule has 0 radical (unpaired) electrons. The average Bonchev–Trinajstić information content (AvgIpc) is 2.95. The van der Waals surface area contributed by atoms with Crippen molar-refractivity contribution in [3.8, 4) is 0 Å². The normalized spacial score (nSPS) is 24.9. The van der Waals surface area contributed by atoms with Crippen LogP contribution in [0, 0.1) is 17.6 Å². The number of aliphatic hydroxyl groups excluding tert-OH is 1. The highest BCUT2D eigenvalue weighted by Gasteiger charge is 2.27. The molecular weight excluding hydrogens is 302 g/mol. The molecule has 0 spiro atoms. The van der Waals surface area contributed by atoms with Crippen LogP contribution in [-0.2, 0) is 4.74 Å². The number of aliphatic hydroxyl groups is 1. The molecule has 3 rings (SSSR count). The molecule has 0 saturated carbocycles. The van der Waals surface area contributed by atoms with Crippen LogP contribution in [0.25, 0.3) is 0 Å². The Kier molecular flexibility index (Phi) is 5.58. The van der Waals surface area contributed by atoms with Gasteiger partial charge in [0.2, 0.25) is 0 Å². The van der Waals surface area contributed by atoms with E-state index >= 15 is 0 Å². The molecule has 2 aliphatic heterocycles. The fraction of sp³-hybridized carbons (Fsp3) is 0.647. The first-order valence-corrected chi connectivity index (χ1v) is 8.27. The highest BCUT2D eigenvalue weighted by Crippen LogP contribution is 2.23. The summed E-state index contributed by atoms with van der Waals surface area (Å²) in [7, 11) is 0.